The third kappa shape index (κ3) is 2.96. The van der Waals surface area contributed by atoms with E-state index in [2.05, 4.69) is 15.5 Å². The SMILES string of the molecule is Cn1nnnc1SC1CCCCCC1C(=O)O. The maximum absolute atomic E-state index is 11.3. The van der Waals surface area contributed by atoms with Gasteiger partial charge >= 0.3 is 5.97 Å². The first-order chi connectivity index (χ1) is 8.18. The van der Waals surface area contributed by atoms with Crippen LogP contribution in [-0.2, 0) is 11.8 Å². The predicted octanol–water partition coefficient (Wildman–Crippen LogP) is 1.34. The van der Waals surface area contributed by atoms with Crippen LogP contribution in [0.5, 0.6) is 0 Å². The molecular formula is C10H16N4O2S. The fourth-order valence-electron chi connectivity index (χ4n) is 2.15. The average Bonchev–Trinajstić information content (AvgIpc) is 2.55. The Labute approximate surface area is 104 Å². The van der Waals surface area contributed by atoms with Crippen molar-refractivity contribution in [2.24, 2.45) is 13.0 Å². The van der Waals surface area contributed by atoms with E-state index in [-0.39, 0.29) is 11.2 Å². The molecule has 1 saturated carbocycles. The number of carbonyl (C=O) groups is 1. The van der Waals surface area contributed by atoms with Gasteiger partial charge in [0.2, 0.25) is 5.16 Å². The fourth-order valence-corrected chi connectivity index (χ4v) is 3.40. The van der Waals surface area contributed by atoms with Crippen molar-refractivity contribution < 1.29 is 9.90 Å². The molecule has 2 atom stereocenters. The lowest BCUT2D eigenvalue weighted by Gasteiger charge is -2.19. The van der Waals surface area contributed by atoms with E-state index in [4.69, 9.17) is 0 Å². The third-order valence-electron chi connectivity index (χ3n) is 3.11. The average molecular weight is 256 g/mol. The van der Waals surface area contributed by atoms with Gasteiger partial charge in [0.25, 0.3) is 0 Å². The van der Waals surface area contributed by atoms with Crippen molar-refractivity contribution in [2.75, 3.05) is 0 Å². The molecule has 6 nitrogen and oxygen atoms in total. The topological polar surface area (TPSA) is 80.9 Å². The van der Waals surface area contributed by atoms with Crippen LogP contribution in [0.3, 0.4) is 0 Å². The first kappa shape index (κ1) is 12.3. The Balaban J connectivity index is 2.10. The molecule has 0 spiro atoms. The Morgan fingerprint density at radius 2 is 2.18 bits per heavy atom. The van der Waals surface area contributed by atoms with E-state index in [0.717, 1.165) is 32.1 Å². The minimum absolute atomic E-state index is 0.0831. The lowest BCUT2D eigenvalue weighted by Crippen LogP contribution is -2.25. The Bertz CT molecular complexity index is 395. The minimum Gasteiger partial charge on any atom is -0.481 e. The number of thioether (sulfide) groups is 1. The molecule has 0 aromatic carbocycles. The minimum atomic E-state index is -0.695. The van der Waals surface area contributed by atoms with Crippen LogP contribution in [0.25, 0.3) is 0 Å². The number of aryl methyl sites for hydroxylation is 1. The van der Waals surface area contributed by atoms with Gasteiger partial charge in [0.15, 0.2) is 0 Å². The van der Waals surface area contributed by atoms with Gasteiger partial charge in [-0.05, 0) is 23.3 Å². The summed E-state index contributed by atoms with van der Waals surface area (Å²) in [5, 5.41) is 21.3. The monoisotopic (exact) mass is 256 g/mol. The van der Waals surface area contributed by atoms with E-state index < -0.39 is 5.97 Å². The number of carboxylic acid groups (broad SMARTS) is 1. The predicted molar refractivity (Wildman–Crippen MR) is 62.7 cm³/mol. The number of nitrogens with zero attached hydrogens (tertiary/aromatic N) is 4. The van der Waals surface area contributed by atoms with Gasteiger partial charge < -0.3 is 5.11 Å². The highest BCUT2D eigenvalue weighted by molar-refractivity contribution is 7.99. The second kappa shape index (κ2) is 5.48. The number of aromatic nitrogens is 4. The quantitative estimate of drug-likeness (QED) is 0.822. The van der Waals surface area contributed by atoms with Gasteiger partial charge in [0, 0.05) is 12.3 Å². The second-order valence-electron chi connectivity index (χ2n) is 4.32. The molecule has 1 heterocycles. The molecule has 1 aliphatic carbocycles. The zero-order valence-corrected chi connectivity index (χ0v) is 10.6. The van der Waals surface area contributed by atoms with E-state index in [9.17, 15) is 9.90 Å². The van der Waals surface area contributed by atoms with Crippen molar-refractivity contribution in [3.05, 3.63) is 0 Å². The number of hydrogen-bond acceptors (Lipinski definition) is 5. The van der Waals surface area contributed by atoms with Gasteiger partial charge in [-0.15, -0.1) is 5.10 Å². The summed E-state index contributed by atoms with van der Waals surface area (Å²) >= 11 is 1.49. The normalized spacial score (nSPS) is 25.5. The smallest absolute Gasteiger partial charge is 0.307 e. The second-order valence-corrected chi connectivity index (χ2v) is 5.53. The number of carboxylic acids is 1. The van der Waals surface area contributed by atoms with Crippen molar-refractivity contribution in [3.8, 4) is 0 Å². The maximum Gasteiger partial charge on any atom is 0.307 e. The summed E-state index contributed by atoms with van der Waals surface area (Å²) in [4.78, 5) is 11.3. The van der Waals surface area contributed by atoms with Crippen LogP contribution >= 0.6 is 11.8 Å². The summed E-state index contributed by atoms with van der Waals surface area (Å²) < 4.78 is 1.59. The summed E-state index contributed by atoms with van der Waals surface area (Å²) in [5.41, 5.74) is 0. The largest absolute Gasteiger partial charge is 0.481 e. The van der Waals surface area contributed by atoms with Crippen LogP contribution in [-0.4, -0.2) is 36.5 Å². The van der Waals surface area contributed by atoms with Crippen molar-refractivity contribution in [1.82, 2.24) is 20.2 Å². The van der Waals surface area contributed by atoms with Crippen LogP contribution in [0.4, 0.5) is 0 Å². The van der Waals surface area contributed by atoms with Gasteiger partial charge in [-0.2, -0.15) is 0 Å². The number of tetrazole rings is 1. The van der Waals surface area contributed by atoms with Crippen LogP contribution < -0.4 is 0 Å². The van der Waals surface area contributed by atoms with E-state index in [1.165, 1.54) is 11.8 Å². The Morgan fingerprint density at radius 3 is 2.82 bits per heavy atom. The zero-order chi connectivity index (χ0) is 12.3. The van der Waals surface area contributed by atoms with E-state index >= 15 is 0 Å². The highest BCUT2D eigenvalue weighted by atomic mass is 32.2. The summed E-state index contributed by atoms with van der Waals surface area (Å²) in [5.74, 6) is -0.973. The molecule has 1 aliphatic rings. The van der Waals surface area contributed by atoms with E-state index in [1.54, 1.807) is 11.7 Å². The van der Waals surface area contributed by atoms with Crippen LogP contribution in [0.15, 0.2) is 5.16 Å². The van der Waals surface area contributed by atoms with Crippen molar-refractivity contribution >= 4 is 17.7 Å². The van der Waals surface area contributed by atoms with Gasteiger partial charge in [-0.25, -0.2) is 4.68 Å². The third-order valence-corrected chi connectivity index (χ3v) is 4.53. The number of aliphatic carboxylic acids is 1. The Morgan fingerprint density at radius 1 is 1.41 bits per heavy atom. The molecule has 94 valence electrons. The first-order valence-corrected chi connectivity index (χ1v) is 6.68. The highest BCUT2D eigenvalue weighted by Crippen LogP contribution is 2.35. The Kier molecular flexibility index (Phi) is 3.98. The van der Waals surface area contributed by atoms with Gasteiger partial charge in [-0.1, -0.05) is 31.0 Å². The lowest BCUT2D eigenvalue weighted by atomic mass is 10.0. The molecule has 1 fully saturated rings. The molecule has 0 aliphatic heterocycles. The number of hydrogen-bond donors (Lipinski definition) is 1. The van der Waals surface area contributed by atoms with Crippen LogP contribution in [0, 0.1) is 5.92 Å². The van der Waals surface area contributed by atoms with E-state index in [0.29, 0.717) is 5.16 Å². The summed E-state index contributed by atoms with van der Waals surface area (Å²) in [6.45, 7) is 0. The van der Waals surface area contributed by atoms with Crippen molar-refractivity contribution in [1.29, 1.82) is 0 Å². The van der Waals surface area contributed by atoms with Crippen molar-refractivity contribution in [2.45, 2.75) is 42.5 Å². The molecule has 2 rings (SSSR count). The molecule has 2 unspecified atom stereocenters. The zero-order valence-electron chi connectivity index (χ0n) is 9.74. The van der Waals surface area contributed by atoms with Gasteiger partial charge in [0.05, 0.1) is 5.92 Å². The molecule has 1 aromatic heterocycles. The van der Waals surface area contributed by atoms with Crippen LogP contribution in [0.2, 0.25) is 0 Å². The molecule has 1 N–H and O–H groups in total. The Hall–Kier alpha value is -1.11. The van der Waals surface area contributed by atoms with Gasteiger partial charge in [-0.3, -0.25) is 4.79 Å². The standard InChI is InChI=1S/C10H16N4O2S/c1-14-10(11-12-13-14)17-8-6-4-2-3-5-7(8)9(15)16/h7-8H,2-6H2,1H3,(H,15,16). The van der Waals surface area contributed by atoms with Crippen LogP contribution in [0.1, 0.15) is 32.1 Å². The highest BCUT2D eigenvalue weighted by Gasteiger charge is 2.31. The maximum atomic E-state index is 11.3. The molecule has 0 amide bonds. The molecule has 17 heavy (non-hydrogen) atoms. The first-order valence-electron chi connectivity index (χ1n) is 5.80. The van der Waals surface area contributed by atoms with Gasteiger partial charge in [0.1, 0.15) is 0 Å². The molecule has 0 radical (unpaired) electrons. The molecule has 7 heteroatoms. The summed E-state index contributed by atoms with van der Waals surface area (Å²) in [7, 11) is 1.77. The lowest BCUT2D eigenvalue weighted by molar-refractivity contribution is -0.141. The summed E-state index contributed by atoms with van der Waals surface area (Å²) in [6.07, 6.45) is 4.91. The van der Waals surface area contributed by atoms with E-state index in [1.807, 2.05) is 0 Å². The molecular weight excluding hydrogens is 240 g/mol. The fraction of sp³-hybridized carbons (Fsp3) is 0.800. The molecule has 0 saturated heterocycles. The molecule has 1 aromatic rings. The molecule has 0 bridgehead atoms. The summed E-state index contributed by atoms with van der Waals surface area (Å²) in [6, 6.07) is 0. The number of rotatable bonds is 3. The van der Waals surface area contributed by atoms with Crippen molar-refractivity contribution in [3.63, 3.8) is 0 Å².